The Morgan fingerprint density at radius 3 is 2.71 bits per heavy atom. The number of ether oxygens (including phenoxy) is 1. The van der Waals surface area contributed by atoms with Crippen LogP contribution in [0.4, 0.5) is 0 Å². The first-order valence-corrected chi connectivity index (χ1v) is 7.08. The Morgan fingerprint density at radius 1 is 1.35 bits per heavy atom. The van der Waals surface area contributed by atoms with Crippen molar-refractivity contribution in [3.63, 3.8) is 0 Å². The Kier molecular flexibility index (Phi) is 6.78. The molecule has 0 aromatic heterocycles. The van der Waals surface area contributed by atoms with Gasteiger partial charge in [0.15, 0.2) is 0 Å². The molecule has 0 heterocycles. The lowest BCUT2D eigenvalue weighted by Crippen LogP contribution is -2.13. The number of rotatable bonds is 7. The third-order valence-electron chi connectivity index (χ3n) is 2.44. The molecular weight excluding hydrogens is 232 g/mol. The van der Waals surface area contributed by atoms with Crippen molar-refractivity contribution in [2.45, 2.75) is 44.1 Å². The molecule has 17 heavy (non-hydrogen) atoms. The SMILES string of the molecule is CCC(C)OC(=O)CCCSc1ccccc1. The fourth-order valence-corrected chi connectivity index (χ4v) is 2.16. The van der Waals surface area contributed by atoms with E-state index in [4.69, 9.17) is 4.74 Å². The van der Waals surface area contributed by atoms with Crippen LogP contribution in [0.2, 0.25) is 0 Å². The lowest BCUT2D eigenvalue weighted by atomic mass is 10.3. The maximum atomic E-state index is 11.4. The van der Waals surface area contributed by atoms with Gasteiger partial charge in [-0.15, -0.1) is 11.8 Å². The minimum Gasteiger partial charge on any atom is -0.463 e. The summed E-state index contributed by atoms with van der Waals surface area (Å²) in [6.45, 7) is 3.94. The van der Waals surface area contributed by atoms with Crippen molar-refractivity contribution in [3.05, 3.63) is 30.3 Å². The van der Waals surface area contributed by atoms with Gasteiger partial charge in [0.25, 0.3) is 0 Å². The first kappa shape index (κ1) is 14.1. The summed E-state index contributed by atoms with van der Waals surface area (Å²) in [5, 5.41) is 0. The van der Waals surface area contributed by atoms with Crippen LogP contribution in [0.3, 0.4) is 0 Å². The number of benzene rings is 1. The van der Waals surface area contributed by atoms with Crippen LogP contribution in [-0.4, -0.2) is 17.8 Å². The monoisotopic (exact) mass is 252 g/mol. The lowest BCUT2D eigenvalue weighted by molar-refractivity contribution is -0.148. The first-order chi connectivity index (χ1) is 8.22. The van der Waals surface area contributed by atoms with E-state index in [9.17, 15) is 4.79 Å². The third kappa shape index (κ3) is 6.37. The molecule has 1 aromatic carbocycles. The van der Waals surface area contributed by atoms with Crippen LogP contribution in [0.15, 0.2) is 35.2 Å². The predicted molar refractivity (Wildman–Crippen MR) is 72.2 cm³/mol. The third-order valence-corrected chi connectivity index (χ3v) is 3.54. The number of carbonyl (C=O) groups excluding carboxylic acids is 1. The molecule has 0 amide bonds. The van der Waals surface area contributed by atoms with Gasteiger partial charge in [-0.3, -0.25) is 4.79 Å². The number of carbonyl (C=O) groups is 1. The molecule has 1 aromatic rings. The molecule has 0 saturated heterocycles. The van der Waals surface area contributed by atoms with Crippen LogP contribution in [0.25, 0.3) is 0 Å². The second kappa shape index (κ2) is 8.18. The van der Waals surface area contributed by atoms with Gasteiger partial charge in [0.05, 0.1) is 6.10 Å². The maximum absolute atomic E-state index is 11.4. The summed E-state index contributed by atoms with van der Waals surface area (Å²) in [6.07, 6.45) is 2.31. The molecule has 0 saturated carbocycles. The van der Waals surface area contributed by atoms with Crippen molar-refractivity contribution in [1.82, 2.24) is 0 Å². The molecule has 1 rings (SSSR count). The van der Waals surface area contributed by atoms with Gasteiger partial charge < -0.3 is 4.74 Å². The molecule has 1 unspecified atom stereocenters. The van der Waals surface area contributed by atoms with E-state index in [2.05, 4.69) is 12.1 Å². The Bertz CT molecular complexity index is 324. The molecule has 3 heteroatoms. The van der Waals surface area contributed by atoms with Crippen LogP contribution in [0, 0.1) is 0 Å². The highest BCUT2D eigenvalue weighted by Gasteiger charge is 2.06. The number of hydrogen-bond acceptors (Lipinski definition) is 3. The fraction of sp³-hybridized carbons (Fsp3) is 0.500. The van der Waals surface area contributed by atoms with Gasteiger partial charge in [-0.2, -0.15) is 0 Å². The van der Waals surface area contributed by atoms with Gasteiger partial charge in [-0.1, -0.05) is 25.1 Å². The smallest absolute Gasteiger partial charge is 0.306 e. The topological polar surface area (TPSA) is 26.3 Å². The fourth-order valence-electron chi connectivity index (χ4n) is 1.29. The molecule has 0 radical (unpaired) electrons. The van der Waals surface area contributed by atoms with Crippen LogP contribution in [-0.2, 0) is 9.53 Å². The molecule has 0 fully saturated rings. The van der Waals surface area contributed by atoms with Crippen LogP contribution in [0.5, 0.6) is 0 Å². The molecule has 0 spiro atoms. The van der Waals surface area contributed by atoms with Crippen molar-refractivity contribution in [2.24, 2.45) is 0 Å². The zero-order valence-electron chi connectivity index (χ0n) is 10.5. The summed E-state index contributed by atoms with van der Waals surface area (Å²) >= 11 is 1.78. The van der Waals surface area contributed by atoms with Crippen LogP contribution < -0.4 is 0 Å². The van der Waals surface area contributed by atoms with Crippen molar-refractivity contribution >= 4 is 17.7 Å². The summed E-state index contributed by atoms with van der Waals surface area (Å²) in [6, 6.07) is 10.2. The van der Waals surface area contributed by atoms with E-state index in [1.807, 2.05) is 32.0 Å². The highest BCUT2D eigenvalue weighted by atomic mass is 32.2. The van der Waals surface area contributed by atoms with Gasteiger partial charge in [0, 0.05) is 11.3 Å². The molecule has 94 valence electrons. The van der Waals surface area contributed by atoms with E-state index < -0.39 is 0 Å². The van der Waals surface area contributed by atoms with E-state index in [-0.39, 0.29) is 12.1 Å². The van der Waals surface area contributed by atoms with Crippen LogP contribution >= 0.6 is 11.8 Å². The normalized spacial score (nSPS) is 12.1. The van der Waals surface area contributed by atoms with Crippen LogP contribution in [0.1, 0.15) is 33.1 Å². The van der Waals surface area contributed by atoms with Crippen molar-refractivity contribution in [2.75, 3.05) is 5.75 Å². The predicted octanol–water partition coefficient (Wildman–Crippen LogP) is 3.90. The largest absolute Gasteiger partial charge is 0.463 e. The van der Waals surface area contributed by atoms with Gasteiger partial charge in [0.1, 0.15) is 0 Å². The Balaban J connectivity index is 2.10. The number of hydrogen-bond donors (Lipinski definition) is 0. The summed E-state index contributed by atoms with van der Waals surface area (Å²) in [5.41, 5.74) is 0. The summed E-state index contributed by atoms with van der Waals surface area (Å²) in [5.74, 6) is 0.882. The molecule has 0 N–H and O–H groups in total. The molecule has 2 nitrogen and oxygen atoms in total. The van der Waals surface area contributed by atoms with E-state index in [1.54, 1.807) is 11.8 Å². The standard InChI is InChI=1S/C14H20O2S/c1-3-12(2)16-14(15)10-7-11-17-13-8-5-4-6-9-13/h4-6,8-9,12H,3,7,10-11H2,1-2H3. The quantitative estimate of drug-likeness (QED) is 0.418. The summed E-state index contributed by atoms with van der Waals surface area (Å²) < 4.78 is 5.20. The van der Waals surface area contributed by atoms with Crippen molar-refractivity contribution in [1.29, 1.82) is 0 Å². The second-order valence-corrected chi connectivity index (χ2v) is 5.14. The zero-order valence-corrected chi connectivity index (χ0v) is 11.3. The summed E-state index contributed by atoms with van der Waals surface area (Å²) in [7, 11) is 0. The molecule has 0 bridgehead atoms. The first-order valence-electron chi connectivity index (χ1n) is 6.09. The average Bonchev–Trinajstić information content (AvgIpc) is 2.36. The molecule has 0 aliphatic rings. The second-order valence-electron chi connectivity index (χ2n) is 3.97. The minimum atomic E-state index is -0.0759. The highest BCUT2D eigenvalue weighted by molar-refractivity contribution is 7.99. The molecule has 0 aliphatic carbocycles. The lowest BCUT2D eigenvalue weighted by Gasteiger charge is -2.10. The van der Waals surface area contributed by atoms with Crippen molar-refractivity contribution in [3.8, 4) is 0 Å². The average molecular weight is 252 g/mol. The summed E-state index contributed by atoms with van der Waals surface area (Å²) in [4.78, 5) is 12.6. The van der Waals surface area contributed by atoms with E-state index >= 15 is 0 Å². The Morgan fingerprint density at radius 2 is 2.06 bits per heavy atom. The van der Waals surface area contributed by atoms with E-state index in [0.717, 1.165) is 18.6 Å². The minimum absolute atomic E-state index is 0.0456. The molecular formula is C14H20O2S. The van der Waals surface area contributed by atoms with Gasteiger partial charge in [-0.25, -0.2) is 0 Å². The molecule has 0 aliphatic heterocycles. The number of esters is 1. The highest BCUT2D eigenvalue weighted by Crippen LogP contribution is 2.18. The Labute approximate surface area is 108 Å². The maximum Gasteiger partial charge on any atom is 0.306 e. The Hall–Kier alpha value is -0.960. The van der Waals surface area contributed by atoms with Gasteiger partial charge in [-0.05, 0) is 37.7 Å². The number of thioether (sulfide) groups is 1. The van der Waals surface area contributed by atoms with Crippen molar-refractivity contribution < 1.29 is 9.53 Å². The van der Waals surface area contributed by atoms with Gasteiger partial charge in [0.2, 0.25) is 0 Å². The van der Waals surface area contributed by atoms with Gasteiger partial charge >= 0.3 is 5.97 Å². The molecule has 1 atom stereocenters. The zero-order chi connectivity index (χ0) is 12.5. The van der Waals surface area contributed by atoms with E-state index in [0.29, 0.717) is 6.42 Å². The van der Waals surface area contributed by atoms with E-state index in [1.165, 1.54) is 4.90 Å².